The summed E-state index contributed by atoms with van der Waals surface area (Å²) in [5, 5.41) is 2.70. The summed E-state index contributed by atoms with van der Waals surface area (Å²) in [6.45, 7) is 4.33. The monoisotopic (exact) mass is 369 g/mol. The van der Waals surface area contributed by atoms with Crippen LogP contribution >= 0.6 is 0 Å². The number of nitrogens with zero attached hydrogens (tertiary/aromatic N) is 1. The van der Waals surface area contributed by atoms with Crippen molar-refractivity contribution in [1.29, 1.82) is 0 Å². The van der Waals surface area contributed by atoms with Gasteiger partial charge in [0.1, 0.15) is 5.75 Å². The van der Waals surface area contributed by atoms with Crippen molar-refractivity contribution in [2.45, 2.75) is 33.2 Å². The summed E-state index contributed by atoms with van der Waals surface area (Å²) in [7, 11) is 0. The van der Waals surface area contributed by atoms with E-state index in [0.717, 1.165) is 23.4 Å². The maximum absolute atomic E-state index is 12.1. The van der Waals surface area contributed by atoms with Gasteiger partial charge in [0, 0.05) is 42.5 Å². The van der Waals surface area contributed by atoms with Gasteiger partial charge in [-0.25, -0.2) is 0 Å². The molecule has 1 aromatic heterocycles. The predicted octanol–water partition coefficient (Wildman–Crippen LogP) is 1.81. The molecule has 3 rings (SSSR count). The molecule has 1 aliphatic rings. The molecule has 0 aliphatic carbocycles. The fourth-order valence-corrected chi connectivity index (χ4v) is 3.15. The molecule has 0 unspecified atom stereocenters. The molecule has 0 spiro atoms. The quantitative estimate of drug-likeness (QED) is 0.812. The fourth-order valence-electron chi connectivity index (χ4n) is 3.15. The molecule has 2 amide bonds. The first kappa shape index (κ1) is 18.7. The van der Waals surface area contributed by atoms with Crippen LogP contribution in [-0.4, -0.2) is 29.9 Å². The zero-order valence-electron chi connectivity index (χ0n) is 15.5. The van der Waals surface area contributed by atoms with E-state index in [-0.39, 0.29) is 30.5 Å². The van der Waals surface area contributed by atoms with Crippen LogP contribution < -0.4 is 20.5 Å². The number of H-pyrrole nitrogens is 1. The summed E-state index contributed by atoms with van der Waals surface area (Å²) < 4.78 is 5.54. The largest absolute Gasteiger partial charge is 0.484 e. The zero-order valence-corrected chi connectivity index (χ0v) is 15.5. The van der Waals surface area contributed by atoms with Gasteiger partial charge in [0.15, 0.2) is 6.61 Å². The van der Waals surface area contributed by atoms with E-state index < -0.39 is 0 Å². The Morgan fingerprint density at radius 2 is 2.07 bits per heavy atom. The lowest BCUT2D eigenvalue weighted by Crippen LogP contribution is -2.31. The molecule has 142 valence electrons. The standard InChI is InChI=1S/C20H23N3O4/c1-13-9-14(2)22-20(26)17(13)11-21-18(24)12-27-16-6-3-5-15(10-16)23-8-4-7-19(23)25/h3,5-6,9-10H,4,7-8,11-12H2,1-2H3,(H,21,24)(H,22,26). The van der Waals surface area contributed by atoms with E-state index in [1.54, 1.807) is 23.1 Å². The second-order valence-electron chi connectivity index (χ2n) is 6.65. The molecule has 0 saturated carbocycles. The van der Waals surface area contributed by atoms with E-state index in [2.05, 4.69) is 10.3 Å². The molecule has 1 aromatic carbocycles. The highest BCUT2D eigenvalue weighted by Gasteiger charge is 2.21. The first-order chi connectivity index (χ1) is 12.9. The van der Waals surface area contributed by atoms with Crippen LogP contribution in [0.1, 0.15) is 29.7 Å². The van der Waals surface area contributed by atoms with Crippen LogP contribution in [0.5, 0.6) is 5.75 Å². The molecule has 0 atom stereocenters. The van der Waals surface area contributed by atoms with Gasteiger partial charge in [0.25, 0.3) is 11.5 Å². The van der Waals surface area contributed by atoms with Crippen molar-refractivity contribution in [1.82, 2.24) is 10.3 Å². The Kier molecular flexibility index (Phi) is 5.59. The first-order valence-electron chi connectivity index (χ1n) is 8.93. The lowest BCUT2D eigenvalue weighted by molar-refractivity contribution is -0.123. The van der Waals surface area contributed by atoms with Crippen LogP contribution in [0.3, 0.4) is 0 Å². The molecule has 0 bridgehead atoms. The van der Waals surface area contributed by atoms with E-state index in [0.29, 0.717) is 24.3 Å². The van der Waals surface area contributed by atoms with Crippen molar-refractivity contribution in [2.75, 3.05) is 18.1 Å². The molecule has 27 heavy (non-hydrogen) atoms. The summed E-state index contributed by atoms with van der Waals surface area (Å²) in [6.07, 6.45) is 1.41. The van der Waals surface area contributed by atoms with Crippen molar-refractivity contribution in [3.8, 4) is 5.75 Å². The topological polar surface area (TPSA) is 91.5 Å². The minimum absolute atomic E-state index is 0.101. The Labute approximate surface area is 157 Å². The Hall–Kier alpha value is -3.09. The smallest absolute Gasteiger partial charge is 0.258 e. The number of benzene rings is 1. The average molecular weight is 369 g/mol. The van der Waals surface area contributed by atoms with Gasteiger partial charge >= 0.3 is 0 Å². The van der Waals surface area contributed by atoms with Gasteiger partial charge in [-0.2, -0.15) is 0 Å². The molecule has 1 aliphatic heterocycles. The number of carbonyl (C=O) groups is 2. The van der Waals surface area contributed by atoms with Crippen LogP contribution in [-0.2, 0) is 16.1 Å². The third-order valence-corrected chi connectivity index (χ3v) is 4.53. The van der Waals surface area contributed by atoms with Crippen LogP contribution in [0.4, 0.5) is 5.69 Å². The second kappa shape index (κ2) is 8.07. The number of nitrogens with one attached hydrogen (secondary N) is 2. The number of aryl methyl sites for hydroxylation is 2. The Morgan fingerprint density at radius 1 is 1.26 bits per heavy atom. The van der Waals surface area contributed by atoms with Crippen molar-refractivity contribution in [3.63, 3.8) is 0 Å². The number of pyridine rings is 1. The molecule has 7 heteroatoms. The highest BCUT2D eigenvalue weighted by Crippen LogP contribution is 2.25. The van der Waals surface area contributed by atoms with E-state index >= 15 is 0 Å². The van der Waals surface area contributed by atoms with Crippen LogP contribution in [0.2, 0.25) is 0 Å². The third-order valence-electron chi connectivity index (χ3n) is 4.53. The summed E-state index contributed by atoms with van der Waals surface area (Å²) in [6, 6.07) is 9.01. The van der Waals surface area contributed by atoms with Gasteiger partial charge in [0.2, 0.25) is 5.91 Å². The highest BCUT2D eigenvalue weighted by molar-refractivity contribution is 5.95. The number of rotatable bonds is 6. The molecule has 2 aromatic rings. The Balaban J connectivity index is 1.55. The summed E-state index contributed by atoms with van der Waals surface area (Å²) in [4.78, 5) is 40.3. The number of ether oxygens (including phenoxy) is 1. The Bertz CT molecular complexity index is 920. The third kappa shape index (κ3) is 4.55. The molecule has 7 nitrogen and oxygen atoms in total. The lowest BCUT2D eigenvalue weighted by atomic mass is 10.1. The maximum Gasteiger partial charge on any atom is 0.258 e. The highest BCUT2D eigenvalue weighted by atomic mass is 16.5. The van der Waals surface area contributed by atoms with Gasteiger partial charge in [-0.05, 0) is 44.0 Å². The molecule has 2 heterocycles. The Morgan fingerprint density at radius 3 is 2.78 bits per heavy atom. The van der Waals surface area contributed by atoms with Crippen molar-refractivity contribution >= 4 is 17.5 Å². The minimum atomic E-state index is -0.322. The van der Waals surface area contributed by atoms with Crippen LogP contribution in [0.25, 0.3) is 0 Å². The average Bonchev–Trinajstić information content (AvgIpc) is 3.05. The van der Waals surface area contributed by atoms with Gasteiger partial charge in [-0.15, -0.1) is 0 Å². The van der Waals surface area contributed by atoms with Gasteiger partial charge in [-0.3, -0.25) is 14.4 Å². The molecular formula is C20H23N3O4. The van der Waals surface area contributed by atoms with Crippen molar-refractivity contribution in [2.24, 2.45) is 0 Å². The normalized spacial score (nSPS) is 13.7. The van der Waals surface area contributed by atoms with E-state index in [1.165, 1.54) is 0 Å². The molecule has 1 saturated heterocycles. The number of aromatic nitrogens is 1. The molecule has 0 radical (unpaired) electrons. The first-order valence-corrected chi connectivity index (χ1v) is 8.93. The van der Waals surface area contributed by atoms with E-state index in [9.17, 15) is 14.4 Å². The second-order valence-corrected chi connectivity index (χ2v) is 6.65. The number of carbonyl (C=O) groups excluding carboxylic acids is 2. The number of anilines is 1. The maximum atomic E-state index is 12.1. The van der Waals surface area contributed by atoms with Gasteiger partial charge < -0.3 is 19.9 Å². The summed E-state index contributed by atoms with van der Waals surface area (Å²) in [5.74, 6) is 0.298. The fraction of sp³-hybridized carbons (Fsp3) is 0.350. The predicted molar refractivity (Wildman–Crippen MR) is 102 cm³/mol. The van der Waals surface area contributed by atoms with Crippen LogP contribution in [0.15, 0.2) is 35.1 Å². The molecule has 1 fully saturated rings. The summed E-state index contributed by atoms with van der Waals surface area (Å²) in [5.41, 5.74) is 2.73. The molecular weight excluding hydrogens is 346 g/mol. The van der Waals surface area contributed by atoms with Crippen LogP contribution in [0, 0.1) is 13.8 Å². The van der Waals surface area contributed by atoms with Gasteiger partial charge in [0.05, 0.1) is 0 Å². The minimum Gasteiger partial charge on any atom is -0.484 e. The zero-order chi connectivity index (χ0) is 19.4. The van der Waals surface area contributed by atoms with Crippen molar-refractivity contribution in [3.05, 3.63) is 57.5 Å². The summed E-state index contributed by atoms with van der Waals surface area (Å²) >= 11 is 0. The van der Waals surface area contributed by atoms with Gasteiger partial charge in [-0.1, -0.05) is 6.07 Å². The number of aromatic amines is 1. The SMILES string of the molecule is Cc1cc(C)c(CNC(=O)COc2cccc(N3CCCC3=O)c2)c(=O)[nH]1. The lowest BCUT2D eigenvalue weighted by Gasteiger charge is -2.16. The van der Waals surface area contributed by atoms with E-state index in [4.69, 9.17) is 4.74 Å². The number of hydrogen-bond acceptors (Lipinski definition) is 4. The van der Waals surface area contributed by atoms with Crippen molar-refractivity contribution < 1.29 is 14.3 Å². The van der Waals surface area contributed by atoms with E-state index in [1.807, 2.05) is 26.0 Å². The molecule has 2 N–H and O–H groups in total. The number of amides is 2. The number of hydrogen-bond donors (Lipinski definition) is 2.